The van der Waals surface area contributed by atoms with Gasteiger partial charge in [0.15, 0.2) is 0 Å². The molecule has 1 saturated carbocycles. The third kappa shape index (κ3) is 3.89. The molecule has 1 aliphatic heterocycles. The summed E-state index contributed by atoms with van der Waals surface area (Å²) in [4.78, 5) is 31.2. The highest BCUT2D eigenvalue weighted by molar-refractivity contribution is 5.87. The summed E-state index contributed by atoms with van der Waals surface area (Å²) in [5.41, 5.74) is 3.53. The number of benzene rings is 1. The van der Waals surface area contributed by atoms with Crippen LogP contribution in [0.4, 0.5) is 4.39 Å². The molecule has 1 aliphatic carbocycles. The van der Waals surface area contributed by atoms with Crippen LogP contribution in [0.2, 0.25) is 0 Å². The van der Waals surface area contributed by atoms with E-state index in [1.165, 1.54) is 12.1 Å². The SMILES string of the molecule is Cn1cc2c(n1)C(C(=O)NCCc1c[nH]c3ccc(F)cc13)CN(C(=O)C1CCCC1)C2. The van der Waals surface area contributed by atoms with Crippen LogP contribution in [0.1, 0.15) is 48.4 Å². The number of hydrogen-bond donors (Lipinski definition) is 2. The number of fused-ring (bicyclic) bond motifs is 2. The lowest BCUT2D eigenvalue weighted by Gasteiger charge is -2.33. The summed E-state index contributed by atoms with van der Waals surface area (Å²) in [6, 6.07) is 4.65. The third-order valence-electron chi connectivity index (χ3n) is 6.79. The lowest BCUT2D eigenvalue weighted by molar-refractivity contribution is -0.137. The molecular formula is C24H28FN5O2. The van der Waals surface area contributed by atoms with Crippen molar-refractivity contribution in [3.8, 4) is 0 Å². The molecule has 1 atom stereocenters. The van der Waals surface area contributed by atoms with Crippen molar-refractivity contribution in [3.63, 3.8) is 0 Å². The fourth-order valence-electron chi connectivity index (χ4n) is 5.15. The fourth-order valence-corrected chi connectivity index (χ4v) is 5.15. The Morgan fingerprint density at radius 1 is 1.28 bits per heavy atom. The van der Waals surface area contributed by atoms with E-state index in [1.54, 1.807) is 10.7 Å². The minimum atomic E-state index is -0.481. The first-order valence-corrected chi connectivity index (χ1v) is 11.3. The molecule has 2 amide bonds. The number of hydrogen-bond acceptors (Lipinski definition) is 3. The van der Waals surface area contributed by atoms with Crippen molar-refractivity contribution in [2.75, 3.05) is 13.1 Å². The average molecular weight is 438 g/mol. The highest BCUT2D eigenvalue weighted by Crippen LogP contribution is 2.32. The summed E-state index contributed by atoms with van der Waals surface area (Å²) in [7, 11) is 1.84. The standard InChI is InChI=1S/C24H28FN5O2/c1-29-12-17-13-30(24(32)15-4-2-3-5-15)14-20(22(17)28-29)23(31)26-9-8-16-11-27-21-7-6-18(25)10-19(16)21/h6-7,10-12,15,20,27H,2-5,8-9,13-14H2,1H3,(H,26,31). The Morgan fingerprint density at radius 2 is 2.09 bits per heavy atom. The molecule has 0 spiro atoms. The zero-order valence-corrected chi connectivity index (χ0v) is 18.2. The minimum absolute atomic E-state index is 0.0826. The van der Waals surface area contributed by atoms with Crippen LogP contribution in [-0.2, 0) is 29.6 Å². The monoisotopic (exact) mass is 437 g/mol. The Bertz CT molecular complexity index is 1160. The van der Waals surface area contributed by atoms with E-state index in [0.29, 0.717) is 26.1 Å². The molecule has 0 saturated heterocycles. The number of H-pyrrole nitrogens is 1. The maximum absolute atomic E-state index is 13.6. The van der Waals surface area contributed by atoms with Gasteiger partial charge in [-0.3, -0.25) is 14.3 Å². The number of carbonyl (C=O) groups is 2. The van der Waals surface area contributed by atoms with Gasteiger partial charge < -0.3 is 15.2 Å². The van der Waals surface area contributed by atoms with Gasteiger partial charge in [-0.05, 0) is 43.0 Å². The van der Waals surface area contributed by atoms with Gasteiger partial charge in [0, 0.05) is 61.5 Å². The Kier molecular flexibility index (Phi) is 5.45. The van der Waals surface area contributed by atoms with Gasteiger partial charge in [-0.2, -0.15) is 5.10 Å². The largest absolute Gasteiger partial charge is 0.361 e. The second-order valence-electron chi connectivity index (χ2n) is 9.01. The number of nitrogens with one attached hydrogen (secondary N) is 2. The second-order valence-corrected chi connectivity index (χ2v) is 9.01. The molecule has 1 fully saturated rings. The molecule has 1 aromatic carbocycles. The first-order valence-electron chi connectivity index (χ1n) is 11.3. The molecule has 0 bridgehead atoms. The Balaban J connectivity index is 1.28. The van der Waals surface area contributed by atoms with Gasteiger partial charge in [0.1, 0.15) is 5.82 Å². The normalized spacial score (nSPS) is 18.8. The van der Waals surface area contributed by atoms with Gasteiger partial charge in [-0.15, -0.1) is 0 Å². The molecule has 1 unspecified atom stereocenters. The number of rotatable bonds is 5. The highest BCUT2D eigenvalue weighted by Gasteiger charge is 2.37. The summed E-state index contributed by atoms with van der Waals surface area (Å²) < 4.78 is 15.3. The average Bonchev–Trinajstić information content (AvgIpc) is 3.51. The van der Waals surface area contributed by atoms with E-state index in [0.717, 1.165) is 53.4 Å². The van der Waals surface area contributed by atoms with Crippen molar-refractivity contribution >= 4 is 22.7 Å². The van der Waals surface area contributed by atoms with Crippen LogP contribution in [0.25, 0.3) is 10.9 Å². The maximum atomic E-state index is 13.6. The van der Waals surface area contributed by atoms with Crippen LogP contribution >= 0.6 is 0 Å². The highest BCUT2D eigenvalue weighted by atomic mass is 19.1. The molecule has 32 heavy (non-hydrogen) atoms. The van der Waals surface area contributed by atoms with Crippen LogP contribution in [0, 0.1) is 11.7 Å². The number of halogens is 1. The molecular weight excluding hydrogens is 409 g/mol. The quantitative estimate of drug-likeness (QED) is 0.644. The van der Waals surface area contributed by atoms with Crippen molar-refractivity contribution in [2.45, 2.75) is 44.6 Å². The number of amides is 2. The van der Waals surface area contributed by atoms with Gasteiger partial charge in [0.25, 0.3) is 0 Å². The van der Waals surface area contributed by atoms with Gasteiger partial charge >= 0.3 is 0 Å². The number of nitrogens with zero attached hydrogens (tertiary/aromatic N) is 3. The molecule has 8 heteroatoms. The maximum Gasteiger partial charge on any atom is 0.231 e. The molecule has 2 aromatic heterocycles. The first kappa shape index (κ1) is 20.7. The van der Waals surface area contributed by atoms with Crippen LogP contribution in [-0.4, -0.2) is 44.6 Å². The number of carbonyl (C=O) groups excluding carboxylic acids is 2. The summed E-state index contributed by atoms with van der Waals surface area (Å²) >= 11 is 0. The fraction of sp³-hybridized carbons (Fsp3) is 0.458. The van der Waals surface area contributed by atoms with E-state index in [1.807, 2.05) is 24.3 Å². The summed E-state index contributed by atoms with van der Waals surface area (Å²) in [5, 5.41) is 8.37. The van der Waals surface area contributed by atoms with Crippen molar-refractivity contribution in [1.29, 1.82) is 0 Å². The zero-order valence-electron chi connectivity index (χ0n) is 18.2. The van der Waals surface area contributed by atoms with Crippen molar-refractivity contribution in [2.24, 2.45) is 13.0 Å². The Labute approximate surface area is 186 Å². The molecule has 168 valence electrons. The van der Waals surface area contributed by atoms with E-state index in [2.05, 4.69) is 15.4 Å². The molecule has 2 aliphatic rings. The summed E-state index contributed by atoms with van der Waals surface area (Å²) in [5.74, 6) is -0.639. The van der Waals surface area contributed by atoms with Gasteiger partial charge in [-0.1, -0.05) is 12.8 Å². The van der Waals surface area contributed by atoms with E-state index in [-0.39, 0.29) is 23.5 Å². The Morgan fingerprint density at radius 3 is 2.91 bits per heavy atom. The van der Waals surface area contributed by atoms with Crippen LogP contribution in [0.15, 0.2) is 30.6 Å². The smallest absolute Gasteiger partial charge is 0.231 e. The van der Waals surface area contributed by atoms with Crippen molar-refractivity contribution in [3.05, 3.63) is 53.2 Å². The molecule has 2 N–H and O–H groups in total. The molecule has 3 aromatic rings. The lowest BCUT2D eigenvalue weighted by atomic mass is 9.94. The predicted molar refractivity (Wildman–Crippen MR) is 118 cm³/mol. The molecule has 0 radical (unpaired) electrons. The van der Waals surface area contributed by atoms with Gasteiger partial charge in [0.2, 0.25) is 11.8 Å². The summed E-state index contributed by atoms with van der Waals surface area (Å²) in [6.07, 6.45) is 8.43. The zero-order chi connectivity index (χ0) is 22.2. The number of aromatic nitrogens is 3. The predicted octanol–water partition coefficient (Wildman–Crippen LogP) is 3.02. The van der Waals surface area contributed by atoms with E-state index in [4.69, 9.17) is 0 Å². The minimum Gasteiger partial charge on any atom is -0.361 e. The lowest BCUT2D eigenvalue weighted by Crippen LogP contribution is -2.45. The molecule has 3 heterocycles. The first-order chi connectivity index (χ1) is 15.5. The summed E-state index contributed by atoms with van der Waals surface area (Å²) in [6.45, 7) is 1.31. The van der Waals surface area contributed by atoms with E-state index < -0.39 is 5.92 Å². The van der Waals surface area contributed by atoms with Crippen LogP contribution in [0.3, 0.4) is 0 Å². The topological polar surface area (TPSA) is 83.0 Å². The van der Waals surface area contributed by atoms with Crippen molar-refractivity contribution < 1.29 is 14.0 Å². The molecule has 7 nitrogen and oxygen atoms in total. The van der Waals surface area contributed by atoms with Gasteiger partial charge in [0.05, 0.1) is 11.6 Å². The van der Waals surface area contributed by atoms with Crippen LogP contribution < -0.4 is 5.32 Å². The number of aromatic amines is 1. The van der Waals surface area contributed by atoms with E-state index >= 15 is 0 Å². The second kappa shape index (κ2) is 8.41. The van der Waals surface area contributed by atoms with Crippen molar-refractivity contribution in [1.82, 2.24) is 25.0 Å². The van der Waals surface area contributed by atoms with Gasteiger partial charge in [-0.25, -0.2) is 4.39 Å². The number of aryl methyl sites for hydroxylation is 1. The third-order valence-corrected chi connectivity index (χ3v) is 6.79. The Hall–Kier alpha value is -3.16. The van der Waals surface area contributed by atoms with E-state index in [9.17, 15) is 14.0 Å². The van der Waals surface area contributed by atoms with Crippen LogP contribution in [0.5, 0.6) is 0 Å². The molecule has 5 rings (SSSR count).